The van der Waals surface area contributed by atoms with Gasteiger partial charge in [-0.1, -0.05) is 18.2 Å². The van der Waals surface area contributed by atoms with E-state index in [4.69, 9.17) is 9.47 Å². The number of methoxy groups -OCH3 is 2. The number of benzene rings is 2. The zero-order chi connectivity index (χ0) is 18.7. The average Bonchev–Trinajstić information content (AvgIpc) is 3.06. The summed E-state index contributed by atoms with van der Waals surface area (Å²) in [5.41, 5.74) is 2.25. The van der Waals surface area contributed by atoms with Crippen LogP contribution in [0.2, 0.25) is 0 Å². The largest absolute Gasteiger partial charge is 0.493 e. The molecule has 7 heteroatoms. The van der Waals surface area contributed by atoms with Crippen molar-refractivity contribution in [3.63, 3.8) is 0 Å². The van der Waals surface area contributed by atoms with Gasteiger partial charge in [-0.05, 0) is 23.8 Å². The van der Waals surface area contributed by atoms with E-state index in [1.807, 2.05) is 24.3 Å². The van der Waals surface area contributed by atoms with Gasteiger partial charge >= 0.3 is 6.03 Å². The highest BCUT2D eigenvalue weighted by Gasteiger charge is 2.37. The molecular weight excluding hydrogens is 334 g/mol. The molecule has 0 aromatic heterocycles. The lowest BCUT2D eigenvalue weighted by molar-refractivity contribution is -0.121. The van der Waals surface area contributed by atoms with Crippen LogP contribution in [-0.4, -0.2) is 39.2 Å². The molecule has 1 aliphatic rings. The maximum absolute atomic E-state index is 12.9. The third-order valence-corrected chi connectivity index (χ3v) is 4.38. The van der Waals surface area contributed by atoms with Crippen LogP contribution in [0.25, 0.3) is 0 Å². The summed E-state index contributed by atoms with van der Waals surface area (Å²) in [5.74, 6) is 0.874. The minimum Gasteiger partial charge on any atom is -0.493 e. The Morgan fingerprint density at radius 1 is 1.08 bits per heavy atom. The van der Waals surface area contributed by atoms with Gasteiger partial charge in [-0.25, -0.2) is 4.79 Å². The van der Waals surface area contributed by atoms with Gasteiger partial charge in [0.25, 0.3) is 0 Å². The van der Waals surface area contributed by atoms with Crippen LogP contribution >= 0.6 is 0 Å². The molecule has 0 saturated heterocycles. The van der Waals surface area contributed by atoms with Gasteiger partial charge in [0.15, 0.2) is 11.5 Å². The Balaban J connectivity index is 1.88. The summed E-state index contributed by atoms with van der Waals surface area (Å²) < 4.78 is 10.5. The van der Waals surface area contributed by atoms with E-state index in [1.165, 1.54) is 12.0 Å². The standard InChI is InChI=1S/C19H21N3O4/c1-20-18(23)15-10-12-6-4-5-7-14(12)22(15)19(24)21-13-8-9-16(25-2)17(11-13)26-3/h4-9,11,15H,10H2,1-3H3,(H,20,23)(H,21,24)/t15-/m0/s1. The van der Waals surface area contributed by atoms with Crippen molar-refractivity contribution in [3.05, 3.63) is 48.0 Å². The smallest absolute Gasteiger partial charge is 0.327 e. The van der Waals surface area contributed by atoms with E-state index < -0.39 is 6.04 Å². The highest BCUT2D eigenvalue weighted by atomic mass is 16.5. The quantitative estimate of drug-likeness (QED) is 0.883. The van der Waals surface area contributed by atoms with Crippen LogP contribution in [0.5, 0.6) is 11.5 Å². The zero-order valence-electron chi connectivity index (χ0n) is 14.9. The van der Waals surface area contributed by atoms with E-state index in [-0.39, 0.29) is 11.9 Å². The molecule has 0 fully saturated rings. The second-order valence-corrected chi connectivity index (χ2v) is 5.83. The predicted molar refractivity (Wildman–Crippen MR) is 99.0 cm³/mol. The summed E-state index contributed by atoms with van der Waals surface area (Å²) in [6.07, 6.45) is 0.481. The molecule has 1 heterocycles. The van der Waals surface area contributed by atoms with E-state index in [1.54, 1.807) is 32.4 Å². The van der Waals surface area contributed by atoms with Gasteiger partial charge in [0.05, 0.1) is 14.2 Å². The maximum atomic E-state index is 12.9. The molecule has 0 saturated carbocycles. The molecule has 2 N–H and O–H groups in total. The molecule has 7 nitrogen and oxygen atoms in total. The first-order chi connectivity index (χ1) is 12.6. The fraction of sp³-hybridized carbons (Fsp3) is 0.263. The number of para-hydroxylation sites is 1. The second-order valence-electron chi connectivity index (χ2n) is 5.83. The van der Waals surface area contributed by atoms with Crippen molar-refractivity contribution < 1.29 is 19.1 Å². The molecule has 0 aliphatic carbocycles. The normalized spacial score (nSPS) is 15.2. The number of amides is 3. The van der Waals surface area contributed by atoms with E-state index in [0.717, 1.165) is 11.3 Å². The minimum atomic E-state index is -0.586. The topological polar surface area (TPSA) is 79.9 Å². The molecule has 1 atom stereocenters. The summed E-state index contributed by atoms with van der Waals surface area (Å²) in [6, 6.07) is 11.7. The number of carbonyl (C=O) groups is 2. The zero-order valence-corrected chi connectivity index (χ0v) is 14.9. The molecule has 136 valence electrons. The predicted octanol–water partition coefficient (Wildman–Crippen LogP) is 2.41. The van der Waals surface area contributed by atoms with E-state index in [0.29, 0.717) is 23.6 Å². The van der Waals surface area contributed by atoms with Gasteiger partial charge in [-0.15, -0.1) is 0 Å². The first-order valence-electron chi connectivity index (χ1n) is 8.20. The van der Waals surface area contributed by atoms with Gasteiger partial charge in [-0.3, -0.25) is 9.69 Å². The first-order valence-corrected chi connectivity index (χ1v) is 8.20. The van der Waals surface area contributed by atoms with Crippen molar-refractivity contribution in [1.82, 2.24) is 5.32 Å². The highest BCUT2D eigenvalue weighted by Crippen LogP contribution is 2.34. The molecule has 0 unspecified atom stereocenters. The number of anilines is 2. The Morgan fingerprint density at radius 2 is 1.81 bits per heavy atom. The molecule has 0 radical (unpaired) electrons. The summed E-state index contributed by atoms with van der Waals surface area (Å²) in [6.45, 7) is 0. The molecule has 2 aromatic carbocycles. The van der Waals surface area contributed by atoms with Crippen LogP contribution in [0.3, 0.4) is 0 Å². The number of fused-ring (bicyclic) bond motifs is 1. The number of rotatable bonds is 4. The Labute approximate surface area is 151 Å². The van der Waals surface area contributed by atoms with Gasteiger partial charge in [0.2, 0.25) is 5.91 Å². The van der Waals surface area contributed by atoms with Crippen LogP contribution in [-0.2, 0) is 11.2 Å². The lowest BCUT2D eigenvalue weighted by atomic mass is 10.1. The number of ether oxygens (including phenoxy) is 2. The molecule has 2 aromatic rings. The first kappa shape index (κ1) is 17.6. The van der Waals surface area contributed by atoms with Crippen LogP contribution in [0.15, 0.2) is 42.5 Å². The van der Waals surface area contributed by atoms with Crippen molar-refractivity contribution in [3.8, 4) is 11.5 Å². The summed E-state index contributed by atoms with van der Waals surface area (Å²) in [7, 11) is 4.64. The third-order valence-electron chi connectivity index (χ3n) is 4.38. The van der Waals surface area contributed by atoms with E-state index in [2.05, 4.69) is 10.6 Å². The SMILES string of the molecule is CNC(=O)[C@@H]1Cc2ccccc2N1C(=O)Nc1ccc(OC)c(OC)c1. The van der Waals surface area contributed by atoms with Crippen molar-refractivity contribution in [1.29, 1.82) is 0 Å². The summed E-state index contributed by atoms with van der Waals surface area (Å²) in [5, 5.41) is 5.46. The summed E-state index contributed by atoms with van der Waals surface area (Å²) in [4.78, 5) is 26.7. The number of nitrogens with one attached hydrogen (secondary N) is 2. The molecule has 0 spiro atoms. The van der Waals surface area contributed by atoms with E-state index in [9.17, 15) is 9.59 Å². The number of likely N-dealkylation sites (N-methyl/N-ethyl adjacent to an activating group) is 1. The van der Waals surface area contributed by atoms with Crippen molar-refractivity contribution in [2.75, 3.05) is 31.5 Å². The van der Waals surface area contributed by atoms with Crippen LogP contribution in [0, 0.1) is 0 Å². The highest BCUT2D eigenvalue weighted by molar-refractivity contribution is 6.08. The lowest BCUT2D eigenvalue weighted by Gasteiger charge is -2.24. The maximum Gasteiger partial charge on any atom is 0.327 e. The Morgan fingerprint density at radius 3 is 2.50 bits per heavy atom. The molecule has 0 bridgehead atoms. The number of nitrogens with zero attached hydrogens (tertiary/aromatic N) is 1. The molecule has 26 heavy (non-hydrogen) atoms. The van der Waals surface area contributed by atoms with Crippen molar-refractivity contribution in [2.24, 2.45) is 0 Å². The fourth-order valence-corrected chi connectivity index (χ4v) is 3.11. The molecule has 1 aliphatic heterocycles. The van der Waals surface area contributed by atoms with Crippen LogP contribution in [0.4, 0.5) is 16.2 Å². The van der Waals surface area contributed by atoms with Crippen molar-refractivity contribution in [2.45, 2.75) is 12.5 Å². The number of urea groups is 1. The van der Waals surface area contributed by atoms with Gasteiger partial charge in [-0.2, -0.15) is 0 Å². The number of carbonyl (C=O) groups excluding carboxylic acids is 2. The Bertz CT molecular complexity index is 837. The second kappa shape index (κ2) is 7.35. The molecule has 3 rings (SSSR count). The van der Waals surface area contributed by atoms with E-state index >= 15 is 0 Å². The Hall–Kier alpha value is -3.22. The Kier molecular flexibility index (Phi) is 4.97. The van der Waals surface area contributed by atoms with Gasteiger partial charge in [0, 0.05) is 30.9 Å². The minimum absolute atomic E-state index is 0.205. The third kappa shape index (κ3) is 3.15. The molecule has 3 amide bonds. The fourth-order valence-electron chi connectivity index (χ4n) is 3.11. The van der Waals surface area contributed by atoms with Crippen molar-refractivity contribution >= 4 is 23.3 Å². The lowest BCUT2D eigenvalue weighted by Crippen LogP contribution is -2.48. The molecular formula is C19H21N3O4. The summed E-state index contributed by atoms with van der Waals surface area (Å²) >= 11 is 0. The van der Waals surface area contributed by atoms with Gasteiger partial charge < -0.3 is 20.1 Å². The van der Waals surface area contributed by atoms with Gasteiger partial charge in [0.1, 0.15) is 6.04 Å². The number of hydrogen-bond acceptors (Lipinski definition) is 4. The monoisotopic (exact) mass is 355 g/mol. The number of hydrogen-bond donors (Lipinski definition) is 2. The average molecular weight is 355 g/mol. The van der Waals surface area contributed by atoms with Crippen LogP contribution < -0.4 is 25.0 Å². The van der Waals surface area contributed by atoms with Crippen LogP contribution in [0.1, 0.15) is 5.56 Å².